The van der Waals surface area contributed by atoms with Gasteiger partial charge in [-0.2, -0.15) is 0 Å². The molecule has 0 aliphatic rings. The van der Waals surface area contributed by atoms with Crippen molar-refractivity contribution in [3.05, 3.63) is 0 Å². The Morgan fingerprint density at radius 1 is 0.633 bits per heavy atom. The van der Waals surface area contributed by atoms with Crippen molar-refractivity contribution in [1.29, 1.82) is 0 Å². The van der Waals surface area contributed by atoms with Crippen LogP contribution in [0.4, 0.5) is 7.16 Å². The summed E-state index contributed by atoms with van der Waals surface area (Å²) in [5, 5.41) is 0. The molecule has 0 aliphatic carbocycles. The van der Waals surface area contributed by atoms with Gasteiger partial charge in [-0.05, 0) is 0 Å². The summed E-state index contributed by atoms with van der Waals surface area (Å²) in [6, 6.07) is 0. The first kappa shape index (κ1) is 113. The third-order valence-corrected chi connectivity index (χ3v) is 0. The molecule has 0 aromatic rings. The number of rotatable bonds is 0. The van der Waals surface area contributed by atoms with Crippen molar-refractivity contribution in [3.8, 4) is 0 Å². The fourth-order valence-corrected chi connectivity index (χ4v) is 0. The molecule has 30 heteroatoms. The normalized spacial score (nSPS) is 7.57. The van der Waals surface area contributed by atoms with Crippen molar-refractivity contribution < 1.29 is 255 Å². The standard InChI is InChI=1S/20ClH.Co.2FH.Ir.Nb.Re.Rh.Sm.Sn.Ta/h20*1H;;2*1H;;;;;;;/q;;;;;;;;;;;;;;;;;;;;+2;;;+3;2*+5;2*+3;+4;+5/p-22. The summed E-state index contributed by atoms with van der Waals surface area (Å²) in [7, 11) is 50.6. The van der Waals surface area contributed by atoms with Gasteiger partial charge in [0.25, 0.3) is 0 Å². The Morgan fingerprint density at radius 3 is 0.633 bits per heavy atom. The van der Waals surface area contributed by atoms with Gasteiger partial charge in [-0.3, -0.25) is 0 Å². The van der Waals surface area contributed by atoms with E-state index in [0.29, 0.717) is 0 Å². The second-order valence-electron chi connectivity index (χ2n) is 0.873. The van der Waals surface area contributed by atoms with Crippen LogP contribution in [0.2, 0.25) is 0 Å². The van der Waals surface area contributed by atoms with E-state index in [0.717, 1.165) is 0 Å². The van der Waals surface area contributed by atoms with Crippen LogP contribution >= 0.6 is 105 Å². The second-order valence-corrected chi connectivity index (χ2v) is 58.1. The van der Waals surface area contributed by atoms with E-state index in [1.807, 2.05) is 0 Å². The average Bonchev–Trinajstić information content (AvgIpc) is 1.75. The summed E-state index contributed by atoms with van der Waals surface area (Å²) < 4.78 is 19.2. The van der Waals surface area contributed by atoms with Crippen molar-refractivity contribution in [2.24, 2.45) is 0 Å². The van der Waals surface area contributed by atoms with Gasteiger partial charge in [0.2, 0.25) is 0 Å². The monoisotopic (exact) mass is 1820 g/mol. The molecule has 1 radical (unpaired) electrons. The van der Waals surface area contributed by atoms with Gasteiger partial charge in [-0.15, -0.1) is 0 Å². The predicted octanol–water partition coefficient (Wildman–Crippen LogP) is -18.9. The average molecular weight is 1830 g/mol. The van der Waals surface area contributed by atoms with Crippen LogP contribution < -0.4 is 112 Å². The van der Waals surface area contributed by atoms with Crippen LogP contribution in [-0.4, -0.2) is 23.9 Å². The SMILES string of the molecule is [Cl-].[Cl-].[Cl-].[Cl-].[Cl-].[Cl-].[Cl-].[Cl-].[Cl-].[Cl][Ir]([Cl])[Cl].[Cl][Re]([Cl])([Cl])([Cl])[Cl].[Cl][Rh]([Cl])[Cl].[F][Co][F].[Nb+5].[Sm+3].[Sn+4].[Ta+5]. The molecule has 0 amide bonds. The maximum Gasteiger partial charge on any atom is 5.00 e. The van der Waals surface area contributed by atoms with E-state index < -0.39 is 51.2 Å². The molecule has 0 aromatic heterocycles. The molecule has 0 atom stereocenters. The molecular weight excluding hydrogens is 1830 g/mol. The molecule has 0 rings (SSSR count). The first-order valence-electron chi connectivity index (χ1n) is 1.72. The maximum atomic E-state index is 9.59. The number of hydrogen-bond acceptors (Lipinski definition) is 0. The van der Waals surface area contributed by atoms with Crippen LogP contribution in [0.1, 0.15) is 0 Å². The minimum Gasteiger partial charge on any atom is 3.00 e. The second kappa shape index (κ2) is 77.9. The van der Waals surface area contributed by atoms with Crippen LogP contribution in [-0.2, 0) is 96.0 Å². The Labute approximate surface area is 375 Å². The summed E-state index contributed by atoms with van der Waals surface area (Å²) >= 11 is -5.14. The number of hydrogen-bond donors (Lipinski definition) is 0. The fraction of sp³-hybridized carbons (Fsp3) is 0. The Hall–Kier alpha value is 11.7. The Balaban J connectivity index is -0.00000000445. The third-order valence-electron chi connectivity index (χ3n) is 0. The van der Waals surface area contributed by atoms with E-state index in [2.05, 4.69) is 0 Å². The van der Waals surface area contributed by atoms with Crippen molar-refractivity contribution in [1.82, 2.24) is 0 Å². The van der Waals surface area contributed by atoms with E-state index in [1.54, 1.807) is 0 Å². The van der Waals surface area contributed by atoms with Crippen LogP contribution in [0, 0.1) is 40.4 Å². The van der Waals surface area contributed by atoms with Gasteiger partial charge >= 0.3 is 273 Å². The molecule has 0 aliphatic heterocycles. The topological polar surface area (TPSA) is 0 Å². The molecule has 0 nitrogen and oxygen atoms in total. The zero-order valence-electron chi connectivity index (χ0n) is 11.5. The summed E-state index contributed by atoms with van der Waals surface area (Å²) in [6.45, 7) is 0. The first-order chi connectivity index (χ1) is 7.11. The first-order valence-corrected chi connectivity index (χ1v) is 34.6. The van der Waals surface area contributed by atoms with Gasteiger partial charge in [0, 0.05) is 0 Å². The van der Waals surface area contributed by atoms with E-state index in [1.165, 1.54) is 0 Å². The molecule has 0 aromatic carbocycles. The van der Waals surface area contributed by atoms with Crippen LogP contribution in [0.15, 0.2) is 0 Å². The summed E-state index contributed by atoms with van der Waals surface area (Å²) in [5.74, 6) is 0. The Kier molecular flexibility index (Phi) is 294. The van der Waals surface area contributed by atoms with Crippen molar-refractivity contribution in [2.75, 3.05) is 0 Å². The molecule has 0 N–H and O–H groups in total. The summed E-state index contributed by atoms with van der Waals surface area (Å²) in [4.78, 5) is 0. The summed E-state index contributed by atoms with van der Waals surface area (Å²) in [5.41, 5.74) is 0. The van der Waals surface area contributed by atoms with E-state index in [-0.39, 0.29) is 221 Å². The zero-order valence-corrected chi connectivity index (χ0v) is 45.3. The van der Waals surface area contributed by atoms with E-state index in [9.17, 15) is 7.16 Å². The molecule has 0 saturated heterocycles. The number of halogens is 22. The van der Waals surface area contributed by atoms with E-state index in [4.69, 9.17) is 105 Å². The molecule has 200 valence electrons. The maximum absolute atomic E-state index is 9.59. The molecule has 0 bridgehead atoms. The molecule has 0 unspecified atom stereocenters. The molecule has 0 heterocycles. The fourth-order valence-electron chi connectivity index (χ4n) is 0. The van der Waals surface area contributed by atoms with Crippen molar-refractivity contribution >= 4 is 129 Å². The Morgan fingerprint density at radius 2 is 0.633 bits per heavy atom. The minimum atomic E-state index is -4.34. The minimum absolute atomic E-state index is 0. The van der Waals surface area contributed by atoms with Crippen molar-refractivity contribution in [2.45, 2.75) is 0 Å². The van der Waals surface area contributed by atoms with Gasteiger partial charge in [-0.1, -0.05) is 0 Å². The van der Waals surface area contributed by atoms with Crippen molar-refractivity contribution in [3.63, 3.8) is 0 Å². The Bertz CT molecular complexity index is 149. The summed E-state index contributed by atoms with van der Waals surface area (Å²) in [6.07, 6.45) is 0. The van der Waals surface area contributed by atoms with Crippen LogP contribution in [0.5, 0.6) is 0 Å². The smallest absolute Gasteiger partial charge is 3.00 e. The van der Waals surface area contributed by atoms with Gasteiger partial charge in [0.1, 0.15) is 0 Å². The third kappa shape index (κ3) is 434. The van der Waals surface area contributed by atoms with Gasteiger partial charge in [-0.25, -0.2) is 0 Å². The molecule has 30 heavy (non-hydrogen) atoms. The van der Waals surface area contributed by atoms with Gasteiger partial charge in [0.15, 0.2) is 0 Å². The zero-order chi connectivity index (χ0) is 15.3. The quantitative estimate of drug-likeness (QED) is 0.212. The molecule has 0 fully saturated rings. The molecule has 0 saturated carbocycles. The van der Waals surface area contributed by atoms with Gasteiger partial charge in [0.05, 0.1) is 0 Å². The van der Waals surface area contributed by atoms with E-state index >= 15 is 0 Å². The largest absolute Gasteiger partial charge is 5.00 e. The molecular formula is Cl20CoF2IrNbReRhSmSnTa+8. The molecule has 0 spiro atoms. The predicted molar refractivity (Wildman–Crippen MR) is 72.4 cm³/mol. The van der Waals surface area contributed by atoms with Crippen LogP contribution in [0.25, 0.3) is 0 Å². The van der Waals surface area contributed by atoms with Gasteiger partial charge < -0.3 is 112 Å². The van der Waals surface area contributed by atoms with Crippen LogP contribution in [0.3, 0.4) is 0 Å².